The molecule has 136 valence electrons. The Morgan fingerprint density at radius 3 is 2.50 bits per heavy atom. The maximum Gasteiger partial charge on any atom is 0.417 e. The van der Waals surface area contributed by atoms with Gasteiger partial charge in [-0.05, 0) is 24.1 Å². The van der Waals surface area contributed by atoms with Gasteiger partial charge in [0, 0.05) is 47.8 Å². The number of amides is 1. The van der Waals surface area contributed by atoms with Crippen LogP contribution in [0.4, 0.5) is 13.2 Å². The molecule has 4 nitrogen and oxygen atoms in total. The fraction of sp³-hybridized carbons (Fsp3) is 0.333. The number of rotatable bonds is 1. The Kier molecular flexibility index (Phi) is 3.87. The van der Waals surface area contributed by atoms with Gasteiger partial charge in [-0.3, -0.25) is 9.59 Å². The van der Waals surface area contributed by atoms with Crippen LogP contribution in [0.25, 0.3) is 0 Å². The van der Waals surface area contributed by atoms with E-state index in [0.717, 1.165) is 6.07 Å². The molecular formula is C18H14ClF3N2O2. The molecule has 1 aromatic rings. The van der Waals surface area contributed by atoms with E-state index in [9.17, 15) is 22.8 Å². The topological polar surface area (TPSA) is 58.2 Å². The molecular weight excluding hydrogens is 369 g/mol. The maximum absolute atomic E-state index is 13.3. The first-order chi connectivity index (χ1) is 12.3. The summed E-state index contributed by atoms with van der Waals surface area (Å²) in [4.78, 5) is 24.9. The average molecular weight is 383 g/mol. The van der Waals surface area contributed by atoms with Crippen molar-refractivity contribution in [2.75, 3.05) is 6.54 Å². The number of hydrogen-bond donors (Lipinski definition) is 2. The predicted octanol–water partition coefficient (Wildman–Crippen LogP) is 3.44. The number of halogens is 4. The molecule has 2 heterocycles. The van der Waals surface area contributed by atoms with Crippen LogP contribution in [0.5, 0.6) is 0 Å². The number of alkyl halides is 3. The van der Waals surface area contributed by atoms with Crippen molar-refractivity contribution in [3.8, 4) is 0 Å². The minimum atomic E-state index is -4.62. The number of nitrogens with one attached hydrogen (secondary N) is 2. The van der Waals surface area contributed by atoms with Gasteiger partial charge in [-0.2, -0.15) is 13.2 Å². The second-order valence-corrected chi connectivity index (χ2v) is 6.92. The van der Waals surface area contributed by atoms with Crippen LogP contribution in [0, 0.1) is 0 Å². The molecule has 0 fully saturated rings. The monoisotopic (exact) mass is 382 g/mol. The van der Waals surface area contributed by atoms with Crippen molar-refractivity contribution < 1.29 is 22.8 Å². The van der Waals surface area contributed by atoms with Crippen LogP contribution in [0.1, 0.15) is 36.3 Å². The Hall–Kier alpha value is -2.28. The van der Waals surface area contributed by atoms with Crippen molar-refractivity contribution in [1.29, 1.82) is 0 Å². The Balaban J connectivity index is 1.91. The van der Waals surface area contributed by atoms with Gasteiger partial charge in [0.15, 0.2) is 5.78 Å². The molecule has 0 bridgehead atoms. The summed E-state index contributed by atoms with van der Waals surface area (Å²) in [6.45, 7) is 0.447. The molecule has 0 radical (unpaired) electrons. The van der Waals surface area contributed by atoms with Crippen molar-refractivity contribution in [2.24, 2.45) is 0 Å². The highest BCUT2D eigenvalue weighted by Crippen LogP contribution is 2.46. The van der Waals surface area contributed by atoms with Gasteiger partial charge in [0.05, 0.1) is 10.6 Å². The molecule has 1 aliphatic carbocycles. The van der Waals surface area contributed by atoms with E-state index in [-0.39, 0.29) is 23.7 Å². The Morgan fingerprint density at radius 1 is 1.04 bits per heavy atom. The van der Waals surface area contributed by atoms with Gasteiger partial charge in [-0.25, -0.2) is 0 Å². The van der Waals surface area contributed by atoms with Crippen LogP contribution in [0.15, 0.2) is 40.7 Å². The summed E-state index contributed by atoms with van der Waals surface area (Å²) in [5.74, 6) is -1.32. The van der Waals surface area contributed by atoms with E-state index in [2.05, 4.69) is 10.6 Å². The molecule has 1 atom stereocenters. The van der Waals surface area contributed by atoms with Crippen molar-refractivity contribution >= 4 is 23.3 Å². The summed E-state index contributed by atoms with van der Waals surface area (Å²) < 4.78 is 39.9. The number of hydrogen-bond acceptors (Lipinski definition) is 3. The van der Waals surface area contributed by atoms with Gasteiger partial charge >= 0.3 is 6.18 Å². The first kappa shape index (κ1) is 17.1. The summed E-state index contributed by atoms with van der Waals surface area (Å²) >= 11 is 5.72. The lowest BCUT2D eigenvalue weighted by Gasteiger charge is -2.33. The van der Waals surface area contributed by atoms with Crippen LogP contribution >= 0.6 is 11.6 Å². The van der Waals surface area contributed by atoms with E-state index < -0.39 is 22.7 Å². The summed E-state index contributed by atoms with van der Waals surface area (Å²) in [5, 5.41) is 5.46. The number of allylic oxidation sites excluding steroid dienone is 2. The van der Waals surface area contributed by atoms with Gasteiger partial charge in [-0.1, -0.05) is 17.7 Å². The zero-order valence-corrected chi connectivity index (χ0v) is 14.2. The van der Waals surface area contributed by atoms with Crippen LogP contribution in [0.2, 0.25) is 5.02 Å². The smallest absolute Gasteiger partial charge is 0.361 e. The molecule has 1 amide bonds. The highest BCUT2D eigenvalue weighted by atomic mass is 35.5. The zero-order valence-electron chi connectivity index (χ0n) is 13.5. The molecule has 2 aliphatic heterocycles. The average Bonchev–Trinajstić information content (AvgIpc) is 2.94. The first-order valence-electron chi connectivity index (χ1n) is 8.18. The first-order valence-corrected chi connectivity index (χ1v) is 8.56. The zero-order chi connectivity index (χ0) is 18.6. The summed E-state index contributed by atoms with van der Waals surface area (Å²) in [6.07, 6.45) is -3.29. The fourth-order valence-corrected chi connectivity index (χ4v) is 4.07. The van der Waals surface area contributed by atoms with Crippen molar-refractivity contribution in [3.63, 3.8) is 0 Å². The number of dihydropyridines is 1. The largest absolute Gasteiger partial charge is 0.417 e. The van der Waals surface area contributed by atoms with E-state index in [0.29, 0.717) is 41.9 Å². The highest BCUT2D eigenvalue weighted by molar-refractivity contribution is 6.31. The molecule has 4 rings (SSSR count). The van der Waals surface area contributed by atoms with E-state index >= 15 is 0 Å². The van der Waals surface area contributed by atoms with E-state index in [1.165, 1.54) is 12.1 Å². The SMILES string of the molecule is O=C1CCC2=C1C(c1ccc(Cl)c(C(F)(F)F)c1)C1=C(CCNC1=O)N2. The maximum atomic E-state index is 13.3. The van der Waals surface area contributed by atoms with Crippen LogP contribution < -0.4 is 10.6 Å². The van der Waals surface area contributed by atoms with E-state index in [1.807, 2.05) is 0 Å². The van der Waals surface area contributed by atoms with Gasteiger partial charge < -0.3 is 10.6 Å². The Labute approximate surface area is 152 Å². The fourth-order valence-electron chi connectivity index (χ4n) is 3.84. The van der Waals surface area contributed by atoms with E-state index in [4.69, 9.17) is 11.6 Å². The molecule has 0 saturated heterocycles. The Bertz CT molecular complexity index is 902. The number of carbonyl (C=O) groups excluding carboxylic acids is 2. The number of carbonyl (C=O) groups is 2. The van der Waals surface area contributed by atoms with Gasteiger partial charge in [0.25, 0.3) is 0 Å². The lowest BCUT2D eigenvalue weighted by atomic mass is 9.78. The Morgan fingerprint density at radius 2 is 1.77 bits per heavy atom. The van der Waals surface area contributed by atoms with Crippen LogP contribution in [-0.4, -0.2) is 18.2 Å². The third-order valence-electron chi connectivity index (χ3n) is 4.97. The highest BCUT2D eigenvalue weighted by Gasteiger charge is 2.42. The lowest BCUT2D eigenvalue weighted by Crippen LogP contribution is -2.40. The van der Waals surface area contributed by atoms with Gasteiger partial charge in [0.1, 0.15) is 0 Å². The second-order valence-electron chi connectivity index (χ2n) is 6.51. The molecule has 8 heteroatoms. The molecule has 0 saturated carbocycles. The van der Waals surface area contributed by atoms with Crippen molar-refractivity contribution in [2.45, 2.75) is 31.4 Å². The lowest BCUT2D eigenvalue weighted by molar-refractivity contribution is -0.137. The van der Waals surface area contributed by atoms with Crippen molar-refractivity contribution in [1.82, 2.24) is 10.6 Å². The van der Waals surface area contributed by atoms with E-state index in [1.54, 1.807) is 0 Å². The van der Waals surface area contributed by atoms with Crippen LogP contribution in [-0.2, 0) is 15.8 Å². The summed E-state index contributed by atoms with van der Waals surface area (Å²) in [5.41, 5.74) is 1.36. The van der Waals surface area contributed by atoms with Gasteiger partial charge in [-0.15, -0.1) is 0 Å². The van der Waals surface area contributed by atoms with Crippen molar-refractivity contribution in [3.05, 3.63) is 56.9 Å². The quantitative estimate of drug-likeness (QED) is 0.782. The third-order valence-corrected chi connectivity index (χ3v) is 5.30. The molecule has 0 spiro atoms. The molecule has 26 heavy (non-hydrogen) atoms. The molecule has 3 aliphatic rings. The number of benzene rings is 1. The number of ketones is 1. The standard InChI is InChI=1S/C18H14ClF3N2O2/c19-10-2-1-8(7-9(10)18(20,21)22)14-15-11(3-4-13(15)25)24-12-5-6-23-17(26)16(12)14/h1-2,7,14,24H,3-6H2,(H,23,26). The molecule has 0 aromatic heterocycles. The predicted molar refractivity (Wildman–Crippen MR) is 88.3 cm³/mol. The minimum absolute atomic E-state index is 0.147. The second kappa shape index (κ2) is 5.87. The summed E-state index contributed by atoms with van der Waals surface area (Å²) in [7, 11) is 0. The molecule has 1 aromatic carbocycles. The third kappa shape index (κ3) is 2.61. The molecule has 2 N–H and O–H groups in total. The number of Topliss-reactive ketones (excluding diaryl/α,β-unsaturated/α-hetero) is 1. The molecule has 1 unspecified atom stereocenters. The van der Waals surface area contributed by atoms with Crippen LogP contribution in [0.3, 0.4) is 0 Å². The minimum Gasteiger partial charge on any atom is -0.361 e. The summed E-state index contributed by atoms with van der Waals surface area (Å²) in [6, 6.07) is 3.57. The van der Waals surface area contributed by atoms with Gasteiger partial charge in [0.2, 0.25) is 5.91 Å². The normalized spacial score (nSPS) is 22.8.